The number of carbonyl (C=O) groups is 3. The summed E-state index contributed by atoms with van der Waals surface area (Å²) in [6.45, 7) is 2.99. The van der Waals surface area contributed by atoms with E-state index in [4.69, 9.17) is 9.47 Å². The molecule has 4 aliphatic rings. The Morgan fingerprint density at radius 1 is 1.05 bits per heavy atom. The van der Waals surface area contributed by atoms with E-state index in [1.807, 2.05) is 21.6 Å². The zero-order valence-corrected chi connectivity index (χ0v) is 22.6. The summed E-state index contributed by atoms with van der Waals surface area (Å²) in [6.07, 6.45) is 6.36. The summed E-state index contributed by atoms with van der Waals surface area (Å²) in [7, 11) is 3.16. The molecule has 0 unspecified atom stereocenters. The lowest BCUT2D eigenvalue weighted by Gasteiger charge is -2.39. The molecule has 1 aromatic rings. The van der Waals surface area contributed by atoms with Crippen LogP contribution in [0, 0.1) is 5.41 Å². The number of fused-ring (bicyclic) bond motifs is 1. The summed E-state index contributed by atoms with van der Waals surface area (Å²) in [5.41, 5.74) is 0.646. The van der Waals surface area contributed by atoms with Crippen LogP contribution in [0.2, 0.25) is 0 Å². The van der Waals surface area contributed by atoms with Crippen LogP contribution < -0.4 is 20.1 Å². The number of amides is 4. The van der Waals surface area contributed by atoms with Crippen molar-refractivity contribution in [1.29, 1.82) is 0 Å². The van der Waals surface area contributed by atoms with Crippen LogP contribution in [0.15, 0.2) is 18.2 Å². The number of likely N-dealkylation sites (tertiary alicyclic amines) is 2. The molecule has 0 aliphatic carbocycles. The molecule has 0 saturated carbocycles. The lowest BCUT2D eigenvalue weighted by Crippen LogP contribution is -2.44. The Kier molecular flexibility index (Phi) is 7.74. The molecular formula is C27H38N4O5S. The van der Waals surface area contributed by atoms with Crippen molar-refractivity contribution >= 4 is 29.6 Å². The Morgan fingerprint density at radius 3 is 2.54 bits per heavy atom. The van der Waals surface area contributed by atoms with Gasteiger partial charge in [0.05, 0.1) is 31.9 Å². The Balaban J connectivity index is 1.06. The van der Waals surface area contributed by atoms with Gasteiger partial charge in [-0.05, 0) is 55.7 Å². The van der Waals surface area contributed by atoms with Crippen molar-refractivity contribution in [2.24, 2.45) is 5.41 Å². The molecule has 202 valence electrons. The van der Waals surface area contributed by atoms with Gasteiger partial charge in [0, 0.05) is 43.6 Å². The average molecular weight is 531 g/mol. The van der Waals surface area contributed by atoms with Gasteiger partial charge < -0.3 is 29.9 Å². The fourth-order valence-corrected chi connectivity index (χ4v) is 7.86. The highest BCUT2D eigenvalue weighted by atomic mass is 32.2. The molecule has 4 saturated heterocycles. The highest BCUT2D eigenvalue weighted by Gasteiger charge is 2.44. The van der Waals surface area contributed by atoms with Crippen LogP contribution in [0.3, 0.4) is 0 Å². The minimum atomic E-state index is -0.0475. The number of piperidine rings is 1. The minimum Gasteiger partial charge on any atom is -0.497 e. The highest BCUT2D eigenvalue weighted by Crippen LogP contribution is 2.41. The van der Waals surface area contributed by atoms with Crippen molar-refractivity contribution in [3.8, 4) is 11.5 Å². The predicted octanol–water partition coefficient (Wildman–Crippen LogP) is 2.88. The average Bonchev–Trinajstić information content (AvgIpc) is 3.61. The summed E-state index contributed by atoms with van der Waals surface area (Å²) in [6, 6.07) is 5.74. The molecule has 0 bridgehead atoms. The fraction of sp³-hybridized carbons (Fsp3) is 0.667. The molecule has 5 rings (SSSR count). The maximum absolute atomic E-state index is 13.2. The van der Waals surface area contributed by atoms with Crippen LogP contribution >= 0.6 is 11.8 Å². The Hall–Kier alpha value is -2.62. The van der Waals surface area contributed by atoms with Gasteiger partial charge in [0.1, 0.15) is 11.5 Å². The first kappa shape index (κ1) is 26.0. The normalized spacial score (nSPS) is 26.1. The first-order valence-electron chi connectivity index (χ1n) is 13.4. The third kappa shape index (κ3) is 5.49. The third-order valence-corrected chi connectivity index (χ3v) is 10.1. The molecule has 1 aromatic carbocycles. The number of ether oxygens (including phenoxy) is 2. The first-order valence-corrected chi connectivity index (χ1v) is 14.4. The second-order valence-electron chi connectivity index (χ2n) is 10.8. The van der Waals surface area contributed by atoms with E-state index in [0.717, 1.165) is 57.4 Å². The Morgan fingerprint density at radius 2 is 1.81 bits per heavy atom. The maximum Gasteiger partial charge on any atom is 0.315 e. The number of hydrogen-bond acceptors (Lipinski definition) is 6. The van der Waals surface area contributed by atoms with Crippen LogP contribution in [0.4, 0.5) is 4.79 Å². The molecule has 1 spiro atoms. The molecule has 4 amide bonds. The molecule has 2 N–H and O–H groups in total. The second kappa shape index (κ2) is 11.0. The topological polar surface area (TPSA) is 100 Å². The molecule has 9 nitrogen and oxygen atoms in total. The molecule has 3 atom stereocenters. The predicted molar refractivity (Wildman–Crippen MR) is 142 cm³/mol. The largest absolute Gasteiger partial charge is 0.497 e. The number of rotatable bonds is 8. The summed E-state index contributed by atoms with van der Waals surface area (Å²) < 4.78 is 10.7. The SMILES string of the molecule is COc1ccc(OC)c(C(=O)N2CCC3(CCN(C(=O)CCCC[C@@H]4SC[C@@H]5NC(=O)N[C@@H]54)C3)CC2)c1. The lowest BCUT2D eigenvalue weighted by atomic mass is 9.77. The molecule has 4 aliphatic heterocycles. The molecule has 0 radical (unpaired) electrons. The Bertz CT molecular complexity index is 1030. The summed E-state index contributed by atoms with van der Waals surface area (Å²) >= 11 is 1.93. The fourth-order valence-electron chi connectivity index (χ4n) is 6.31. The van der Waals surface area contributed by atoms with Gasteiger partial charge in [-0.15, -0.1) is 0 Å². The van der Waals surface area contributed by atoms with Gasteiger partial charge >= 0.3 is 6.03 Å². The van der Waals surface area contributed by atoms with Gasteiger partial charge in [0.25, 0.3) is 5.91 Å². The summed E-state index contributed by atoms with van der Waals surface area (Å²) in [5.74, 6) is 2.38. The van der Waals surface area contributed by atoms with E-state index in [9.17, 15) is 14.4 Å². The lowest BCUT2D eigenvalue weighted by molar-refractivity contribution is -0.130. The van der Waals surface area contributed by atoms with Crippen LogP contribution in [0.25, 0.3) is 0 Å². The van der Waals surface area contributed by atoms with Gasteiger partial charge in [0.2, 0.25) is 5.91 Å². The number of nitrogens with one attached hydrogen (secondary N) is 2. The molecular weight excluding hydrogens is 492 g/mol. The van der Waals surface area contributed by atoms with Gasteiger partial charge in [-0.2, -0.15) is 11.8 Å². The van der Waals surface area contributed by atoms with Crippen LogP contribution in [-0.2, 0) is 4.79 Å². The van der Waals surface area contributed by atoms with Gasteiger partial charge in [-0.3, -0.25) is 9.59 Å². The third-order valence-electron chi connectivity index (χ3n) is 8.61. The number of urea groups is 1. The van der Waals surface area contributed by atoms with Gasteiger partial charge in [0.15, 0.2) is 0 Å². The van der Waals surface area contributed by atoms with E-state index >= 15 is 0 Å². The number of nitrogens with zero attached hydrogens (tertiary/aromatic N) is 2. The minimum absolute atomic E-state index is 0.0313. The van der Waals surface area contributed by atoms with Crippen LogP contribution in [-0.4, -0.2) is 91.1 Å². The molecule has 0 aromatic heterocycles. The molecule has 37 heavy (non-hydrogen) atoms. The summed E-state index contributed by atoms with van der Waals surface area (Å²) in [5, 5.41) is 6.47. The van der Waals surface area contributed by atoms with E-state index in [0.29, 0.717) is 41.8 Å². The van der Waals surface area contributed by atoms with Crippen molar-refractivity contribution in [2.45, 2.75) is 62.3 Å². The first-order chi connectivity index (χ1) is 17.9. The van der Waals surface area contributed by atoms with E-state index in [1.54, 1.807) is 32.4 Å². The van der Waals surface area contributed by atoms with Crippen molar-refractivity contribution in [3.05, 3.63) is 23.8 Å². The number of hydrogen-bond donors (Lipinski definition) is 2. The zero-order chi connectivity index (χ0) is 26.0. The molecule has 4 heterocycles. The number of thioether (sulfide) groups is 1. The van der Waals surface area contributed by atoms with Crippen LogP contribution in [0.5, 0.6) is 11.5 Å². The van der Waals surface area contributed by atoms with Crippen molar-refractivity contribution < 1.29 is 23.9 Å². The number of benzene rings is 1. The Labute approximate surface area is 223 Å². The smallest absolute Gasteiger partial charge is 0.315 e. The van der Waals surface area contributed by atoms with Gasteiger partial charge in [-0.1, -0.05) is 6.42 Å². The van der Waals surface area contributed by atoms with Gasteiger partial charge in [-0.25, -0.2) is 4.79 Å². The van der Waals surface area contributed by atoms with E-state index in [2.05, 4.69) is 10.6 Å². The van der Waals surface area contributed by atoms with E-state index < -0.39 is 0 Å². The van der Waals surface area contributed by atoms with E-state index in [1.165, 1.54) is 0 Å². The number of carbonyl (C=O) groups excluding carboxylic acids is 3. The number of unbranched alkanes of at least 4 members (excludes halogenated alkanes) is 1. The van der Waals surface area contributed by atoms with Crippen LogP contribution in [0.1, 0.15) is 55.3 Å². The molecule has 10 heteroatoms. The second-order valence-corrected chi connectivity index (χ2v) is 12.1. The quantitative estimate of drug-likeness (QED) is 0.396. The monoisotopic (exact) mass is 530 g/mol. The van der Waals surface area contributed by atoms with Crippen molar-refractivity contribution in [2.75, 3.05) is 46.2 Å². The number of methoxy groups -OCH3 is 2. The van der Waals surface area contributed by atoms with Crippen molar-refractivity contribution in [1.82, 2.24) is 20.4 Å². The zero-order valence-electron chi connectivity index (χ0n) is 21.8. The highest BCUT2D eigenvalue weighted by molar-refractivity contribution is 8.00. The standard InChI is InChI=1S/C27H38N4O5S/c1-35-18-7-8-21(36-2)19(15-18)25(33)30-12-9-27(10-13-30)11-14-31(17-27)23(32)6-4-3-5-22-24-20(16-37-22)28-26(34)29-24/h7-8,15,20,22,24H,3-6,9-14,16-17H2,1-2H3,(H2,28,29,34)/t20-,22-,24-/m0/s1. The van der Waals surface area contributed by atoms with Crippen molar-refractivity contribution in [3.63, 3.8) is 0 Å². The maximum atomic E-state index is 13.2. The summed E-state index contributed by atoms with van der Waals surface area (Å²) in [4.78, 5) is 41.7. The van der Waals surface area contributed by atoms with E-state index in [-0.39, 0.29) is 35.3 Å². The molecule has 4 fully saturated rings.